The molecule has 0 heterocycles. The highest BCUT2D eigenvalue weighted by Gasteiger charge is 1.99. The predicted octanol–water partition coefficient (Wildman–Crippen LogP) is 2.17. The van der Waals surface area contributed by atoms with E-state index in [1.165, 1.54) is 6.08 Å². The molecule has 18 heavy (non-hydrogen) atoms. The Hall–Kier alpha value is -1.42. The van der Waals surface area contributed by atoms with Crippen LogP contribution in [-0.4, -0.2) is 30.1 Å². The van der Waals surface area contributed by atoms with E-state index >= 15 is 0 Å². The summed E-state index contributed by atoms with van der Waals surface area (Å²) in [6.07, 6.45) is 9.67. The van der Waals surface area contributed by atoms with Gasteiger partial charge in [-0.05, 0) is 26.2 Å². The molecular weight excluding hydrogens is 232 g/mol. The first kappa shape index (κ1) is 16.6. The Kier molecular flexibility index (Phi) is 11.1. The van der Waals surface area contributed by atoms with Gasteiger partial charge in [0.1, 0.15) is 5.78 Å². The van der Waals surface area contributed by atoms with Gasteiger partial charge in [-0.3, -0.25) is 4.79 Å². The summed E-state index contributed by atoms with van der Waals surface area (Å²) in [5, 5.41) is 8.54. The van der Waals surface area contributed by atoms with Crippen molar-refractivity contribution in [2.24, 2.45) is 0 Å². The quantitative estimate of drug-likeness (QED) is 0.369. The third-order valence-corrected chi connectivity index (χ3v) is 2.18. The van der Waals surface area contributed by atoms with Crippen molar-refractivity contribution in [1.29, 1.82) is 0 Å². The van der Waals surface area contributed by atoms with E-state index in [1.54, 1.807) is 13.0 Å². The zero-order valence-electron chi connectivity index (χ0n) is 10.9. The van der Waals surface area contributed by atoms with Crippen LogP contribution in [0.15, 0.2) is 24.3 Å². The first-order chi connectivity index (χ1) is 8.70. The minimum absolute atomic E-state index is 0.142. The molecule has 4 nitrogen and oxygen atoms in total. The standard InChI is InChI=1S/C14H22O4/c1-2-18-14(17)11-7-6-10-13(16)9-5-3-4-8-12-15/h3-4,7,11,15H,2,5-6,8-10,12H2,1H3/b4-3-,11-7+. The Morgan fingerprint density at radius 2 is 1.67 bits per heavy atom. The largest absolute Gasteiger partial charge is 0.463 e. The Morgan fingerprint density at radius 1 is 1.06 bits per heavy atom. The number of hydrogen-bond donors (Lipinski definition) is 1. The number of aliphatic hydroxyl groups is 1. The summed E-state index contributed by atoms with van der Waals surface area (Å²) in [5.74, 6) is -0.186. The Bertz CT molecular complexity index is 292. The fourth-order valence-corrected chi connectivity index (χ4v) is 1.29. The van der Waals surface area contributed by atoms with Gasteiger partial charge >= 0.3 is 5.97 Å². The minimum Gasteiger partial charge on any atom is -0.463 e. The first-order valence-corrected chi connectivity index (χ1v) is 6.31. The Labute approximate surface area is 108 Å². The topological polar surface area (TPSA) is 63.6 Å². The molecule has 0 aliphatic heterocycles. The molecule has 0 aliphatic rings. The summed E-state index contributed by atoms with van der Waals surface area (Å²) in [5.41, 5.74) is 0. The molecule has 0 aromatic rings. The van der Waals surface area contributed by atoms with Gasteiger partial charge in [-0.2, -0.15) is 0 Å². The lowest BCUT2D eigenvalue weighted by Crippen LogP contribution is -1.99. The van der Waals surface area contributed by atoms with Crippen LogP contribution in [0.4, 0.5) is 0 Å². The van der Waals surface area contributed by atoms with Gasteiger partial charge in [-0.1, -0.05) is 18.2 Å². The minimum atomic E-state index is -0.364. The van der Waals surface area contributed by atoms with Gasteiger partial charge in [0.25, 0.3) is 0 Å². The molecule has 0 aromatic heterocycles. The summed E-state index contributed by atoms with van der Waals surface area (Å²) in [4.78, 5) is 22.3. The SMILES string of the molecule is CCOC(=O)/C=C/CCC(=O)CC/C=C\CCO. The van der Waals surface area contributed by atoms with E-state index in [0.717, 1.165) is 0 Å². The van der Waals surface area contributed by atoms with E-state index in [-0.39, 0.29) is 18.4 Å². The molecule has 0 bridgehead atoms. The Morgan fingerprint density at radius 3 is 2.28 bits per heavy atom. The maximum absolute atomic E-state index is 11.4. The van der Waals surface area contributed by atoms with Crippen molar-refractivity contribution in [2.75, 3.05) is 13.2 Å². The normalized spacial score (nSPS) is 11.2. The van der Waals surface area contributed by atoms with E-state index in [0.29, 0.717) is 38.7 Å². The highest BCUT2D eigenvalue weighted by atomic mass is 16.5. The molecule has 0 fully saturated rings. The number of carbonyl (C=O) groups excluding carboxylic acids is 2. The summed E-state index contributed by atoms with van der Waals surface area (Å²) in [6, 6.07) is 0. The number of rotatable bonds is 10. The van der Waals surface area contributed by atoms with Crippen molar-refractivity contribution in [3.05, 3.63) is 24.3 Å². The van der Waals surface area contributed by atoms with Gasteiger partial charge in [-0.15, -0.1) is 0 Å². The van der Waals surface area contributed by atoms with Gasteiger partial charge in [-0.25, -0.2) is 4.79 Å². The highest BCUT2D eigenvalue weighted by molar-refractivity contribution is 5.82. The number of esters is 1. The summed E-state index contributed by atoms with van der Waals surface area (Å²) in [7, 11) is 0. The van der Waals surface area contributed by atoms with Crippen LogP contribution in [-0.2, 0) is 14.3 Å². The van der Waals surface area contributed by atoms with E-state index in [9.17, 15) is 9.59 Å². The number of allylic oxidation sites excluding steroid dienone is 2. The van der Waals surface area contributed by atoms with Crippen LogP contribution in [0.5, 0.6) is 0 Å². The number of hydrogen-bond acceptors (Lipinski definition) is 4. The second-order valence-corrected chi connectivity index (χ2v) is 3.75. The predicted molar refractivity (Wildman–Crippen MR) is 70.1 cm³/mol. The lowest BCUT2D eigenvalue weighted by atomic mass is 10.1. The highest BCUT2D eigenvalue weighted by Crippen LogP contribution is 2.01. The lowest BCUT2D eigenvalue weighted by Gasteiger charge is -1.96. The average molecular weight is 254 g/mol. The molecule has 0 radical (unpaired) electrons. The molecule has 0 atom stereocenters. The molecule has 0 aromatic carbocycles. The van der Waals surface area contributed by atoms with Gasteiger partial charge < -0.3 is 9.84 Å². The van der Waals surface area contributed by atoms with Crippen molar-refractivity contribution in [1.82, 2.24) is 0 Å². The first-order valence-electron chi connectivity index (χ1n) is 6.31. The average Bonchev–Trinajstić information content (AvgIpc) is 2.35. The van der Waals surface area contributed by atoms with Crippen molar-refractivity contribution < 1.29 is 19.4 Å². The lowest BCUT2D eigenvalue weighted by molar-refractivity contribution is -0.137. The fourth-order valence-electron chi connectivity index (χ4n) is 1.29. The van der Waals surface area contributed by atoms with Crippen LogP contribution < -0.4 is 0 Å². The third-order valence-electron chi connectivity index (χ3n) is 2.18. The van der Waals surface area contributed by atoms with E-state index in [4.69, 9.17) is 9.84 Å². The maximum Gasteiger partial charge on any atom is 0.330 e. The zero-order valence-corrected chi connectivity index (χ0v) is 10.9. The fraction of sp³-hybridized carbons (Fsp3) is 0.571. The number of aliphatic hydroxyl groups excluding tert-OH is 1. The molecule has 0 saturated carbocycles. The molecular formula is C14H22O4. The summed E-state index contributed by atoms with van der Waals surface area (Å²) in [6.45, 7) is 2.25. The van der Waals surface area contributed by atoms with Crippen molar-refractivity contribution >= 4 is 11.8 Å². The zero-order chi connectivity index (χ0) is 13.6. The molecule has 0 saturated heterocycles. The molecule has 4 heteroatoms. The molecule has 0 aliphatic carbocycles. The van der Waals surface area contributed by atoms with Crippen LogP contribution in [0, 0.1) is 0 Å². The number of ether oxygens (including phenoxy) is 1. The monoisotopic (exact) mass is 254 g/mol. The second kappa shape index (κ2) is 12.0. The molecule has 1 N–H and O–H groups in total. The van der Waals surface area contributed by atoms with Gasteiger partial charge in [0.05, 0.1) is 6.61 Å². The molecule has 0 unspecified atom stereocenters. The van der Waals surface area contributed by atoms with Crippen LogP contribution in [0.1, 0.15) is 39.0 Å². The molecule has 0 rings (SSSR count). The molecule has 0 amide bonds. The maximum atomic E-state index is 11.4. The van der Waals surface area contributed by atoms with Crippen molar-refractivity contribution in [3.63, 3.8) is 0 Å². The second-order valence-electron chi connectivity index (χ2n) is 3.75. The van der Waals surface area contributed by atoms with E-state index < -0.39 is 0 Å². The number of Topliss-reactive ketones (excluding diaryl/α,β-unsaturated/α-hetero) is 1. The van der Waals surface area contributed by atoms with Crippen molar-refractivity contribution in [3.8, 4) is 0 Å². The van der Waals surface area contributed by atoms with Crippen LogP contribution in [0.25, 0.3) is 0 Å². The van der Waals surface area contributed by atoms with Crippen LogP contribution in [0.2, 0.25) is 0 Å². The third kappa shape index (κ3) is 11.1. The van der Waals surface area contributed by atoms with Gasteiger partial charge in [0.15, 0.2) is 0 Å². The van der Waals surface area contributed by atoms with Crippen molar-refractivity contribution in [2.45, 2.75) is 39.0 Å². The summed E-state index contributed by atoms with van der Waals surface area (Å²) >= 11 is 0. The van der Waals surface area contributed by atoms with Crippen LogP contribution in [0.3, 0.4) is 0 Å². The molecule has 102 valence electrons. The Balaban J connectivity index is 3.56. The number of carbonyl (C=O) groups is 2. The smallest absolute Gasteiger partial charge is 0.330 e. The van der Waals surface area contributed by atoms with E-state index in [2.05, 4.69) is 0 Å². The summed E-state index contributed by atoms with van der Waals surface area (Å²) < 4.78 is 4.71. The number of ketones is 1. The van der Waals surface area contributed by atoms with Gasteiger partial charge in [0.2, 0.25) is 0 Å². The van der Waals surface area contributed by atoms with Gasteiger partial charge in [0, 0.05) is 25.5 Å². The van der Waals surface area contributed by atoms with E-state index in [1.807, 2.05) is 12.2 Å². The van der Waals surface area contributed by atoms with Crippen LogP contribution >= 0.6 is 0 Å². The molecule has 0 spiro atoms.